The average Bonchev–Trinajstić information content (AvgIpc) is 2.70. The lowest BCUT2D eigenvalue weighted by molar-refractivity contribution is -0.137. The number of hydrogen-bond donors (Lipinski definition) is 0. The third kappa shape index (κ3) is 5.87. The van der Waals surface area contributed by atoms with Crippen molar-refractivity contribution in [2.75, 3.05) is 18.1 Å². The molecule has 1 aliphatic heterocycles. The highest BCUT2D eigenvalue weighted by Crippen LogP contribution is 2.08. The molecule has 0 atom stereocenters. The summed E-state index contributed by atoms with van der Waals surface area (Å²) in [6.45, 7) is 2.40. The van der Waals surface area contributed by atoms with Crippen LogP contribution in [0.5, 0.6) is 0 Å². The van der Waals surface area contributed by atoms with Crippen LogP contribution < -0.4 is 0 Å². The van der Waals surface area contributed by atoms with E-state index in [0.717, 1.165) is 12.2 Å². The van der Waals surface area contributed by atoms with E-state index in [1.807, 2.05) is 0 Å². The molecule has 0 radical (unpaired) electrons. The van der Waals surface area contributed by atoms with E-state index >= 15 is 0 Å². The van der Waals surface area contributed by atoms with Crippen molar-refractivity contribution in [3.63, 3.8) is 0 Å². The molecule has 0 bridgehead atoms. The van der Waals surface area contributed by atoms with Crippen LogP contribution in [0.3, 0.4) is 0 Å². The second-order valence-corrected chi connectivity index (χ2v) is 5.23. The highest BCUT2D eigenvalue weighted by Gasteiger charge is 2.22. The smallest absolute Gasteiger partial charge is 0.253 e. The zero-order valence-electron chi connectivity index (χ0n) is 11.1. The Kier molecular flexibility index (Phi) is 7.18. The number of imide groups is 1. The van der Waals surface area contributed by atoms with Crippen molar-refractivity contribution < 1.29 is 14.4 Å². The van der Waals surface area contributed by atoms with Gasteiger partial charge in [-0.15, -0.1) is 11.8 Å². The first kappa shape index (κ1) is 15.7. The van der Waals surface area contributed by atoms with Crippen LogP contribution in [0.4, 0.5) is 0 Å². The first-order valence-electron chi connectivity index (χ1n) is 6.43. The molecule has 0 unspecified atom stereocenters. The molecule has 2 amide bonds. The van der Waals surface area contributed by atoms with Gasteiger partial charge >= 0.3 is 0 Å². The minimum Gasteiger partial charge on any atom is -0.299 e. The van der Waals surface area contributed by atoms with Crippen LogP contribution in [-0.2, 0) is 14.4 Å². The molecule has 0 aromatic carbocycles. The zero-order valence-corrected chi connectivity index (χ0v) is 11.9. The Morgan fingerprint density at radius 3 is 2.58 bits per heavy atom. The molecule has 1 heterocycles. The summed E-state index contributed by atoms with van der Waals surface area (Å²) in [5.74, 6) is 0.954. The third-order valence-electron chi connectivity index (χ3n) is 2.62. The van der Waals surface area contributed by atoms with E-state index < -0.39 is 0 Å². The van der Waals surface area contributed by atoms with Gasteiger partial charge in [0.25, 0.3) is 11.8 Å². The van der Waals surface area contributed by atoms with Gasteiger partial charge in [-0.3, -0.25) is 19.3 Å². The quantitative estimate of drug-likeness (QED) is 0.368. The van der Waals surface area contributed by atoms with Crippen LogP contribution in [0.1, 0.15) is 26.2 Å². The summed E-state index contributed by atoms with van der Waals surface area (Å²) in [5, 5.41) is 0. The number of rotatable bonds is 9. The Morgan fingerprint density at radius 2 is 1.95 bits per heavy atom. The first-order valence-corrected chi connectivity index (χ1v) is 7.58. The Bertz CT molecular complexity index is 383. The Morgan fingerprint density at radius 1 is 1.26 bits per heavy atom. The molecule has 0 saturated heterocycles. The molecule has 0 aromatic rings. The Balaban J connectivity index is 2.09. The zero-order chi connectivity index (χ0) is 14.1. The number of thioether (sulfide) groups is 1. The Labute approximate surface area is 117 Å². The van der Waals surface area contributed by atoms with E-state index in [2.05, 4.69) is 19.1 Å². The number of carbonyl (C=O) groups excluding carboxylic acids is 3. The average molecular weight is 281 g/mol. The Hall–Kier alpha value is -1.36. The maximum Gasteiger partial charge on any atom is 0.253 e. The van der Waals surface area contributed by atoms with E-state index in [1.54, 1.807) is 11.8 Å². The lowest BCUT2D eigenvalue weighted by Gasteiger charge is -2.12. The van der Waals surface area contributed by atoms with E-state index in [9.17, 15) is 14.4 Å². The van der Waals surface area contributed by atoms with Crippen molar-refractivity contribution in [3.8, 4) is 0 Å². The second kappa shape index (κ2) is 8.69. The van der Waals surface area contributed by atoms with Crippen molar-refractivity contribution in [2.45, 2.75) is 26.2 Å². The fourth-order valence-corrected chi connectivity index (χ4v) is 2.40. The molecule has 4 nitrogen and oxygen atoms in total. The molecule has 0 aromatic heterocycles. The summed E-state index contributed by atoms with van der Waals surface area (Å²) in [6.07, 6.45) is 8.64. The van der Waals surface area contributed by atoms with Gasteiger partial charge in [0.1, 0.15) is 5.78 Å². The molecule has 5 heteroatoms. The van der Waals surface area contributed by atoms with Crippen molar-refractivity contribution in [1.82, 2.24) is 4.90 Å². The van der Waals surface area contributed by atoms with Crippen LogP contribution >= 0.6 is 11.8 Å². The first-order chi connectivity index (χ1) is 9.15. The van der Waals surface area contributed by atoms with Gasteiger partial charge in [-0.05, 0) is 12.8 Å². The van der Waals surface area contributed by atoms with Gasteiger partial charge in [-0.25, -0.2) is 0 Å². The van der Waals surface area contributed by atoms with Crippen molar-refractivity contribution >= 4 is 29.4 Å². The van der Waals surface area contributed by atoms with Gasteiger partial charge in [0, 0.05) is 30.9 Å². The SMILES string of the molecule is CC/C=C\CSCC(=O)CCCN1C(=O)C=CC1=O. The standard InChI is InChI=1S/C14H19NO3S/c1-2-3-4-10-19-11-12(16)6-5-9-15-13(17)7-8-14(15)18/h3-4,7-8H,2,5-6,9-11H2,1H3/b4-3-. The lowest BCUT2D eigenvalue weighted by atomic mass is 10.2. The highest BCUT2D eigenvalue weighted by atomic mass is 32.2. The van der Waals surface area contributed by atoms with Crippen LogP contribution in [0.15, 0.2) is 24.3 Å². The van der Waals surface area contributed by atoms with Crippen LogP contribution in [0.25, 0.3) is 0 Å². The lowest BCUT2D eigenvalue weighted by Crippen LogP contribution is -2.31. The minimum atomic E-state index is -0.281. The molecule has 1 aliphatic rings. The molecule has 0 saturated carbocycles. The fourth-order valence-electron chi connectivity index (χ4n) is 1.63. The monoisotopic (exact) mass is 281 g/mol. The predicted molar refractivity (Wildman–Crippen MR) is 76.9 cm³/mol. The van der Waals surface area contributed by atoms with Gasteiger partial charge in [-0.2, -0.15) is 0 Å². The molecular formula is C14H19NO3S. The molecule has 0 spiro atoms. The van der Waals surface area contributed by atoms with Crippen molar-refractivity contribution in [2.24, 2.45) is 0 Å². The summed E-state index contributed by atoms with van der Waals surface area (Å²) in [5.41, 5.74) is 0. The number of carbonyl (C=O) groups is 3. The fraction of sp³-hybridized carbons (Fsp3) is 0.500. The topological polar surface area (TPSA) is 54.5 Å². The summed E-state index contributed by atoms with van der Waals surface area (Å²) in [7, 11) is 0. The van der Waals surface area contributed by atoms with Gasteiger partial charge in [-0.1, -0.05) is 19.1 Å². The van der Waals surface area contributed by atoms with Crippen molar-refractivity contribution in [1.29, 1.82) is 0 Å². The minimum absolute atomic E-state index is 0.168. The number of Topliss-reactive ketones (excluding diaryl/α,β-unsaturated/α-hetero) is 1. The highest BCUT2D eigenvalue weighted by molar-refractivity contribution is 8.00. The maximum atomic E-state index is 11.6. The number of nitrogens with zero attached hydrogens (tertiary/aromatic N) is 1. The van der Waals surface area contributed by atoms with Gasteiger partial charge in [0.05, 0.1) is 5.75 Å². The number of ketones is 1. The molecule has 0 N–H and O–H groups in total. The second-order valence-electron chi connectivity index (χ2n) is 4.20. The summed E-state index contributed by atoms with van der Waals surface area (Å²) in [6, 6.07) is 0. The van der Waals surface area contributed by atoms with E-state index in [-0.39, 0.29) is 17.6 Å². The number of allylic oxidation sites excluding steroid dienone is 1. The third-order valence-corrected chi connectivity index (χ3v) is 3.57. The van der Waals surface area contributed by atoms with E-state index in [0.29, 0.717) is 25.1 Å². The van der Waals surface area contributed by atoms with Gasteiger partial charge < -0.3 is 0 Å². The molecule has 104 valence electrons. The molecule has 1 rings (SSSR count). The summed E-state index contributed by atoms with van der Waals surface area (Å²) in [4.78, 5) is 35.2. The molecule has 19 heavy (non-hydrogen) atoms. The molecular weight excluding hydrogens is 262 g/mol. The largest absolute Gasteiger partial charge is 0.299 e. The number of hydrogen-bond acceptors (Lipinski definition) is 4. The molecule has 0 fully saturated rings. The van der Waals surface area contributed by atoms with Crippen molar-refractivity contribution in [3.05, 3.63) is 24.3 Å². The molecule has 0 aliphatic carbocycles. The van der Waals surface area contributed by atoms with E-state index in [1.165, 1.54) is 17.1 Å². The van der Waals surface area contributed by atoms with Gasteiger partial charge in [0.2, 0.25) is 0 Å². The summed E-state index contributed by atoms with van der Waals surface area (Å²) < 4.78 is 0. The van der Waals surface area contributed by atoms with E-state index in [4.69, 9.17) is 0 Å². The van der Waals surface area contributed by atoms with Crippen LogP contribution in [0.2, 0.25) is 0 Å². The maximum absolute atomic E-state index is 11.6. The number of amides is 2. The van der Waals surface area contributed by atoms with Crippen LogP contribution in [0, 0.1) is 0 Å². The van der Waals surface area contributed by atoms with Gasteiger partial charge in [0.15, 0.2) is 0 Å². The summed E-state index contributed by atoms with van der Waals surface area (Å²) >= 11 is 1.59. The normalized spacial score (nSPS) is 14.9. The predicted octanol–water partition coefficient (Wildman–Crippen LogP) is 1.96. The van der Waals surface area contributed by atoms with Crippen LogP contribution in [-0.4, -0.2) is 40.5 Å².